The fourth-order valence-corrected chi connectivity index (χ4v) is 2.30. The lowest BCUT2D eigenvalue weighted by atomic mass is 10.0. The summed E-state index contributed by atoms with van der Waals surface area (Å²) in [5.41, 5.74) is 8.65. The van der Waals surface area contributed by atoms with E-state index < -0.39 is 0 Å². The van der Waals surface area contributed by atoms with Crippen LogP contribution in [-0.2, 0) is 0 Å². The zero-order valence-corrected chi connectivity index (χ0v) is 8.92. The van der Waals surface area contributed by atoms with Crippen LogP contribution in [-0.4, -0.2) is 0 Å². The Bertz CT molecular complexity index is 406. The topological polar surface area (TPSA) is 26.0 Å². The Balaban J connectivity index is 2.37. The molecular weight excluding hydrogens is 190 g/mol. The summed E-state index contributed by atoms with van der Waals surface area (Å²) in [6.07, 6.45) is 0. The summed E-state index contributed by atoms with van der Waals surface area (Å²) in [7, 11) is 0. The Hall–Kier alpha value is -1.12. The maximum absolute atomic E-state index is 6.17. The molecule has 0 aliphatic heterocycles. The normalized spacial score (nSPS) is 12.7. The molecule has 1 aromatic heterocycles. The Kier molecular flexibility index (Phi) is 2.66. The van der Waals surface area contributed by atoms with E-state index in [0.29, 0.717) is 0 Å². The first kappa shape index (κ1) is 9.44. The second-order valence-electron chi connectivity index (χ2n) is 3.35. The molecule has 1 nitrogen and oxygen atoms in total. The minimum absolute atomic E-state index is 0.0243. The van der Waals surface area contributed by atoms with E-state index in [-0.39, 0.29) is 6.04 Å². The Morgan fingerprint density at radius 1 is 1.14 bits per heavy atom. The van der Waals surface area contributed by atoms with Gasteiger partial charge in [-0.25, -0.2) is 0 Å². The van der Waals surface area contributed by atoms with Crippen LogP contribution in [0.3, 0.4) is 0 Å². The molecule has 0 bridgehead atoms. The number of hydrogen-bond donors (Lipinski definition) is 1. The van der Waals surface area contributed by atoms with Gasteiger partial charge in [0.05, 0.1) is 6.04 Å². The van der Waals surface area contributed by atoms with Crippen molar-refractivity contribution in [3.8, 4) is 0 Å². The first-order chi connectivity index (χ1) is 6.79. The van der Waals surface area contributed by atoms with E-state index in [1.807, 2.05) is 18.2 Å². The minimum Gasteiger partial charge on any atom is -0.320 e. The molecule has 2 aromatic rings. The van der Waals surface area contributed by atoms with Gasteiger partial charge in [0.1, 0.15) is 0 Å². The second-order valence-corrected chi connectivity index (χ2v) is 4.33. The average Bonchev–Trinajstić information content (AvgIpc) is 2.70. The molecule has 1 aromatic carbocycles. The van der Waals surface area contributed by atoms with Crippen molar-refractivity contribution in [2.24, 2.45) is 5.73 Å². The highest BCUT2D eigenvalue weighted by Crippen LogP contribution is 2.25. The lowest BCUT2D eigenvalue weighted by Gasteiger charge is -2.12. The van der Waals surface area contributed by atoms with Gasteiger partial charge in [0.2, 0.25) is 0 Å². The molecule has 0 amide bonds. The quantitative estimate of drug-likeness (QED) is 0.797. The van der Waals surface area contributed by atoms with Crippen molar-refractivity contribution in [1.82, 2.24) is 0 Å². The highest BCUT2D eigenvalue weighted by atomic mass is 32.1. The molecule has 72 valence electrons. The number of hydrogen-bond acceptors (Lipinski definition) is 2. The van der Waals surface area contributed by atoms with E-state index in [1.54, 1.807) is 11.3 Å². The Morgan fingerprint density at radius 3 is 2.57 bits per heavy atom. The molecule has 0 fully saturated rings. The summed E-state index contributed by atoms with van der Waals surface area (Å²) < 4.78 is 0. The molecule has 14 heavy (non-hydrogen) atoms. The number of thiophene rings is 1. The van der Waals surface area contributed by atoms with Crippen LogP contribution in [0.25, 0.3) is 0 Å². The van der Waals surface area contributed by atoms with Crippen LogP contribution in [0.4, 0.5) is 0 Å². The first-order valence-corrected chi connectivity index (χ1v) is 5.51. The van der Waals surface area contributed by atoms with Crippen LogP contribution in [0, 0.1) is 6.92 Å². The van der Waals surface area contributed by atoms with Crippen LogP contribution < -0.4 is 5.73 Å². The molecule has 1 heterocycles. The molecule has 2 rings (SSSR count). The largest absolute Gasteiger partial charge is 0.320 e. The minimum atomic E-state index is 0.0243. The average molecular weight is 203 g/mol. The fraction of sp³-hybridized carbons (Fsp3) is 0.167. The Labute approximate surface area is 88.2 Å². The van der Waals surface area contributed by atoms with Crippen molar-refractivity contribution >= 4 is 11.3 Å². The molecule has 0 saturated carbocycles. The van der Waals surface area contributed by atoms with Gasteiger partial charge in [-0.1, -0.05) is 30.3 Å². The zero-order chi connectivity index (χ0) is 9.97. The lowest BCUT2D eigenvalue weighted by molar-refractivity contribution is 0.882. The molecule has 1 unspecified atom stereocenters. The predicted molar refractivity (Wildman–Crippen MR) is 61.5 cm³/mol. The van der Waals surface area contributed by atoms with Gasteiger partial charge in [0.25, 0.3) is 0 Å². The van der Waals surface area contributed by atoms with Gasteiger partial charge in [-0.05, 0) is 29.5 Å². The van der Waals surface area contributed by atoms with E-state index in [4.69, 9.17) is 5.73 Å². The van der Waals surface area contributed by atoms with Gasteiger partial charge < -0.3 is 5.73 Å². The fourth-order valence-electron chi connectivity index (χ4n) is 1.56. The number of nitrogens with two attached hydrogens (primary N) is 1. The highest BCUT2D eigenvalue weighted by Gasteiger charge is 2.10. The molecule has 0 spiro atoms. The number of benzene rings is 1. The van der Waals surface area contributed by atoms with E-state index in [2.05, 4.69) is 30.5 Å². The first-order valence-electron chi connectivity index (χ1n) is 4.63. The van der Waals surface area contributed by atoms with Crippen LogP contribution in [0.5, 0.6) is 0 Å². The van der Waals surface area contributed by atoms with Crippen LogP contribution >= 0.6 is 11.3 Å². The summed E-state index contributed by atoms with van der Waals surface area (Å²) in [6, 6.07) is 12.4. The standard InChI is InChI=1S/C12H13NS/c1-9-5-2-3-6-10(9)12(13)11-7-4-8-14-11/h2-8,12H,13H2,1H3. The summed E-state index contributed by atoms with van der Waals surface area (Å²) in [4.78, 5) is 1.22. The molecular formula is C12H13NS. The Morgan fingerprint density at radius 2 is 1.93 bits per heavy atom. The SMILES string of the molecule is Cc1ccccc1C(N)c1cccs1. The van der Waals surface area contributed by atoms with Gasteiger partial charge in [-0.3, -0.25) is 0 Å². The van der Waals surface area contributed by atoms with Gasteiger partial charge in [0.15, 0.2) is 0 Å². The summed E-state index contributed by atoms with van der Waals surface area (Å²) >= 11 is 1.71. The van der Waals surface area contributed by atoms with E-state index in [1.165, 1.54) is 16.0 Å². The van der Waals surface area contributed by atoms with Crippen LogP contribution in [0.1, 0.15) is 22.0 Å². The van der Waals surface area contributed by atoms with E-state index in [0.717, 1.165) is 0 Å². The van der Waals surface area contributed by atoms with Crippen molar-refractivity contribution in [2.75, 3.05) is 0 Å². The summed E-state index contributed by atoms with van der Waals surface area (Å²) in [6.45, 7) is 2.10. The van der Waals surface area contributed by atoms with Gasteiger partial charge in [0, 0.05) is 4.88 Å². The van der Waals surface area contributed by atoms with Crippen molar-refractivity contribution in [3.63, 3.8) is 0 Å². The number of aryl methyl sites for hydroxylation is 1. The molecule has 1 atom stereocenters. The number of rotatable bonds is 2. The molecule has 0 aliphatic rings. The van der Waals surface area contributed by atoms with Crippen molar-refractivity contribution in [3.05, 3.63) is 57.8 Å². The van der Waals surface area contributed by atoms with Crippen molar-refractivity contribution in [1.29, 1.82) is 0 Å². The molecule has 2 heteroatoms. The summed E-state index contributed by atoms with van der Waals surface area (Å²) in [5, 5.41) is 2.06. The van der Waals surface area contributed by atoms with E-state index in [9.17, 15) is 0 Å². The van der Waals surface area contributed by atoms with Gasteiger partial charge in [-0.15, -0.1) is 11.3 Å². The van der Waals surface area contributed by atoms with Crippen LogP contribution in [0.2, 0.25) is 0 Å². The lowest BCUT2D eigenvalue weighted by Crippen LogP contribution is -2.11. The molecule has 0 aliphatic carbocycles. The molecule has 0 saturated heterocycles. The zero-order valence-electron chi connectivity index (χ0n) is 8.10. The van der Waals surface area contributed by atoms with Gasteiger partial charge >= 0.3 is 0 Å². The van der Waals surface area contributed by atoms with Gasteiger partial charge in [-0.2, -0.15) is 0 Å². The van der Waals surface area contributed by atoms with Crippen LogP contribution in [0.15, 0.2) is 41.8 Å². The highest BCUT2D eigenvalue weighted by molar-refractivity contribution is 7.10. The predicted octanol–water partition coefficient (Wildman–Crippen LogP) is 3.10. The monoisotopic (exact) mass is 203 g/mol. The van der Waals surface area contributed by atoms with Crippen molar-refractivity contribution < 1.29 is 0 Å². The third kappa shape index (κ3) is 1.72. The smallest absolute Gasteiger partial charge is 0.0648 e. The molecule has 2 N–H and O–H groups in total. The molecule has 0 radical (unpaired) electrons. The van der Waals surface area contributed by atoms with Crippen molar-refractivity contribution in [2.45, 2.75) is 13.0 Å². The second kappa shape index (κ2) is 3.95. The summed E-state index contributed by atoms with van der Waals surface area (Å²) in [5.74, 6) is 0. The van der Waals surface area contributed by atoms with E-state index >= 15 is 0 Å². The maximum Gasteiger partial charge on any atom is 0.0648 e. The third-order valence-electron chi connectivity index (χ3n) is 2.37. The maximum atomic E-state index is 6.17. The third-order valence-corrected chi connectivity index (χ3v) is 3.33.